The summed E-state index contributed by atoms with van der Waals surface area (Å²) in [5.74, 6) is -0.485. The van der Waals surface area contributed by atoms with Crippen molar-refractivity contribution in [1.29, 1.82) is 0 Å². The molecule has 2 rings (SSSR count). The van der Waals surface area contributed by atoms with Gasteiger partial charge in [-0.05, 0) is 42.3 Å². The first-order valence-corrected chi connectivity index (χ1v) is 7.34. The van der Waals surface area contributed by atoms with Crippen LogP contribution in [0.25, 0.3) is 6.08 Å². The van der Waals surface area contributed by atoms with Crippen LogP contribution in [0.1, 0.15) is 24.1 Å². The molecule has 0 aliphatic carbocycles. The quantitative estimate of drug-likeness (QED) is 0.811. The number of hydrogen-bond acceptors (Lipinski definition) is 1. The largest absolute Gasteiger partial charge is 0.346 e. The average Bonchev–Trinajstić information content (AvgIpc) is 2.47. The van der Waals surface area contributed by atoms with Crippen molar-refractivity contribution in [1.82, 2.24) is 5.32 Å². The van der Waals surface area contributed by atoms with Crippen LogP contribution in [0.15, 0.2) is 59.1 Å². The Kier molecular flexibility index (Phi) is 5.28. The van der Waals surface area contributed by atoms with Crippen molar-refractivity contribution < 1.29 is 9.18 Å². The van der Waals surface area contributed by atoms with Gasteiger partial charge in [0.1, 0.15) is 5.82 Å². The molecule has 0 radical (unpaired) electrons. The van der Waals surface area contributed by atoms with Gasteiger partial charge in [0.2, 0.25) is 5.91 Å². The second-order valence-electron chi connectivity index (χ2n) is 4.64. The number of carbonyl (C=O) groups is 1. The molecule has 0 bridgehead atoms. The van der Waals surface area contributed by atoms with Gasteiger partial charge in [0.25, 0.3) is 0 Å². The van der Waals surface area contributed by atoms with E-state index in [9.17, 15) is 9.18 Å². The summed E-state index contributed by atoms with van der Waals surface area (Å²) in [6.45, 7) is 1.92. The first-order chi connectivity index (χ1) is 10.1. The Morgan fingerprint density at radius 3 is 2.52 bits per heavy atom. The van der Waals surface area contributed by atoms with Crippen molar-refractivity contribution in [3.63, 3.8) is 0 Å². The Labute approximate surface area is 131 Å². The van der Waals surface area contributed by atoms with Crippen LogP contribution < -0.4 is 5.32 Å². The van der Waals surface area contributed by atoms with Gasteiger partial charge in [-0.25, -0.2) is 4.39 Å². The number of hydrogen-bond donors (Lipinski definition) is 1. The summed E-state index contributed by atoms with van der Waals surface area (Å²) in [6, 6.07) is 13.6. The van der Waals surface area contributed by atoms with Crippen LogP contribution in [0, 0.1) is 5.82 Å². The number of benzene rings is 2. The normalized spacial score (nSPS) is 12.3. The molecule has 0 fully saturated rings. The SMILES string of the molecule is CC(NC(=O)/C=C/c1ccc(F)cc1)c1ccccc1Br. The number of rotatable bonds is 4. The minimum atomic E-state index is -0.292. The molecule has 1 atom stereocenters. The van der Waals surface area contributed by atoms with Crippen LogP contribution in [-0.2, 0) is 4.79 Å². The molecule has 21 heavy (non-hydrogen) atoms. The zero-order valence-corrected chi connectivity index (χ0v) is 13.1. The summed E-state index contributed by atoms with van der Waals surface area (Å²) in [7, 11) is 0. The fourth-order valence-electron chi connectivity index (χ4n) is 1.91. The Morgan fingerprint density at radius 2 is 1.86 bits per heavy atom. The molecular weight excluding hydrogens is 333 g/mol. The summed E-state index contributed by atoms with van der Waals surface area (Å²) >= 11 is 3.46. The van der Waals surface area contributed by atoms with Crippen molar-refractivity contribution in [2.24, 2.45) is 0 Å². The van der Waals surface area contributed by atoms with E-state index >= 15 is 0 Å². The number of amides is 1. The molecular formula is C17H15BrFNO. The molecule has 2 aromatic carbocycles. The zero-order valence-electron chi connectivity index (χ0n) is 11.5. The molecule has 0 aromatic heterocycles. The second kappa shape index (κ2) is 7.18. The van der Waals surface area contributed by atoms with Crippen LogP contribution in [-0.4, -0.2) is 5.91 Å². The van der Waals surface area contributed by atoms with Crippen LogP contribution in [0.3, 0.4) is 0 Å². The minimum Gasteiger partial charge on any atom is -0.346 e. The highest BCUT2D eigenvalue weighted by atomic mass is 79.9. The van der Waals surface area contributed by atoms with Crippen molar-refractivity contribution in [3.05, 3.63) is 76.0 Å². The fraction of sp³-hybridized carbons (Fsp3) is 0.118. The molecule has 0 saturated heterocycles. The van der Waals surface area contributed by atoms with E-state index < -0.39 is 0 Å². The lowest BCUT2D eigenvalue weighted by Crippen LogP contribution is -2.24. The molecule has 0 spiro atoms. The lowest BCUT2D eigenvalue weighted by atomic mass is 10.1. The van der Waals surface area contributed by atoms with Gasteiger partial charge in [-0.1, -0.05) is 46.3 Å². The van der Waals surface area contributed by atoms with Gasteiger partial charge in [0.15, 0.2) is 0 Å². The maximum atomic E-state index is 12.8. The van der Waals surface area contributed by atoms with Gasteiger partial charge in [0, 0.05) is 10.5 Å². The molecule has 1 amide bonds. The molecule has 2 aromatic rings. The van der Waals surface area contributed by atoms with E-state index in [1.54, 1.807) is 18.2 Å². The van der Waals surface area contributed by atoms with Crippen molar-refractivity contribution >= 4 is 27.9 Å². The van der Waals surface area contributed by atoms with E-state index in [-0.39, 0.29) is 17.8 Å². The summed E-state index contributed by atoms with van der Waals surface area (Å²) in [4.78, 5) is 11.9. The zero-order chi connectivity index (χ0) is 15.2. The fourth-order valence-corrected chi connectivity index (χ4v) is 2.54. The third-order valence-electron chi connectivity index (χ3n) is 3.03. The second-order valence-corrected chi connectivity index (χ2v) is 5.49. The van der Waals surface area contributed by atoms with Crippen molar-refractivity contribution in [2.45, 2.75) is 13.0 Å². The monoisotopic (exact) mass is 347 g/mol. The van der Waals surface area contributed by atoms with Crippen LogP contribution in [0.5, 0.6) is 0 Å². The molecule has 0 heterocycles. The molecule has 1 N–H and O–H groups in total. The van der Waals surface area contributed by atoms with Gasteiger partial charge in [-0.3, -0.25) is 4.79 Å². The number of halogens is 2. The van der Waals surface area contributed by atoms with E-state index in [1.165, 1.54) is 18.2 Å². The van der Waals surface area contributed by atoms with Crippen LogP contribution in [0.4, 0.5) is 4.39 Å². The van der Waals surface area contributed by atoms with Crippen LogP contribution in [0.2, 0.25) is 0 Å². The highest BCUT2D eigenvalue weighted by molar-refractivity contribution is 9.10. The molecule has 0 saturated carbocycles. The average molecular weight is 348 g/mol. The topological polar surface area (TPSA) is 29.1 Å². The van der Waals surface area contributed by atoms with E-state index in [0.29, 0.717) is 0 Å². The third-order valence-corrected chi connectivity index (χ3v) is 3.75. The molecule has 2 nitrogen and oxygen atoms in total. The van der Waals surface area contributed by atoms with Gasteiger partial charge < -0.3 is 5.32 Å². The lowest BCUT2D eigenvalue weighted by Gasteiger charge is -2.14. The molecule has 108 valence electrons. The summed E-state index contributed by atoms with van der Waals surface area (Å²) in [6.07, 6.45) is 3.10. The highest BCUT2D eigenvalue weighted by Crippen LogP contribution is 2.22. The van der Waals surface area contributed by atoms with E-state index in [0.717, 1.165) is 15.6 Å². The Balaban J connectivity index is 1.98. The Hall–Kier alpha value is -1.94. The standard InChI is InChI=1S/C17H15BrFNO/c1-12(15-4-2-3-5-16(15)18)20-17(21)11-8-13-6-9-14(19)10-7-13/h2-12H,1H3,(H,20,21)/b11-8+. The van der Waals surface area contributed by atoms with Crippen LogP contribution >= 0.6 is 15.9 Å². The third kappa shape index (κ3) is 4.53. The first-order valence-electron chi connectivity index (χ1n) is 6.55. The Morgan fingerprint density at radius 1 is 1.19 bits per heavy atom. The first kappa shape index (κ1) is 15.4. The minimum absolute atomic E-state index is 0.106. The number of nitrogens with one attached hydrogen (secondary N) is 1. The highest BCUT2D eigenvalue weighted by Gasteiger charge is 2.09. The molecule has 4 heteroatoms. The van der Waals surface area contributed by atoms with E-state index in [4.69, 9.17) is 0 Å². The summed E-state index contributed by atoms with van der Waals surface area (Å²) in [5.41, 5.74) is 1.79. The summed E-state index contributed by atoms with van der Waals surface area (Å²) in [5, 5.41) is 2.89. The maximum Gasteiger partial charge on any atom is 0.244 e. The molecule has 0 aliphatic rings. The van der Waals surface area contributed by atoms with Crippen molar-refractivity contribution in [2.75, 3.05) is 0 Å². The van der Waals surface area contributed by atoms with Gasteiger partial charge in [0.05, 0.1) is 6.04 Å². The maximum absolute atomic E-state index is 12.8. The van der Waals surface area contributed by atoms with Gasteiger partial charge >= 0.3 is 0 Å². The molecule has 1 unspecified atom stereocenters. The lowest BCUT2D eigenvalue weighted by molar-refractivity contribution is -0.117. The summed E-state index contributed by atoms with van der Waals surface area (Å²) < 4.78 is 13.7. The smallest absolute Gasteiger partial charge is 0.244 e. The Bertz CT molecular complexity index is 652. The van der Waals surface area contributed by atoms with Gasteiger partial charge in [-0.2, -0.15) is 0 Å². The predicted molar refractivity (Wildman–Crippen MR) is 86.1 cm³/mol. The number of carbonyl (C=O) groups excluding carboxylic acids is 1. The van der Waals surface area contributed by atoms with E-state index in [2.05, 4.69) is 21.2 Å². The van der Waals surface area contributed by atoms with Crippen molar-refractivity contribution in [3.8, 4) is 0 Å². The van der Waals surface area contributed by atoms with E-state index in [1.807, 2.05) is 31.2 Å². The predicted octanol–water partition coefficient (Wildman–Crippen LogP) is 4.48. The van der Waals surface area contributed by atoms with Gasteiger partial charge in [-0.15, -0.1) is 0 Å². The molecule has 0 aliphatic heterocycles.